The fourth-order valence-corrected chi connectivity index (χ4v) is 1.74. The highest BCUT2D eigenvalue weighted by molar-refractivity contribution is 9.10. The van der Waals surface area contributed by atoms with E-state index in [-0.39, 0.29) is 0 Å². The molecule has 0 radical (unpaired) electrons. The lowest BCUT2D eigenvalue weighted by Gasteiger charge is -2.10. The van der Waals surface area contributed by atoms with Crippen LogP contribution < -0.4 is 10.1 Å². The van der Waals surface area contributed by atoms with E-state index in [4.69, 9.17) is 4.74 Å². The number of ether oxygens (including phenoxy) is 1. The second-order valence-electron chi connectivity index (χ2n) is 3.32. The van der Waals surface area contributed by atoms with E-state index in [0.29, 0.717) is 17.8 Å². The van der Waals surface area contributed by atoms with Crippen LogP contribution in [0.25, 0.3) is 0 Å². The van der Waals surface area contributed by atoms with Gasteiger partial charge in [0.2, 0.25) is 6.41 Å². The van der Waals surface area contributed by atoms with Gasteiger partial charge in [-0.25, -0.2) is 0 Å². The van der Waals surface area contributed by atoms with E-state index in [0.717, 1.165) is 10.2 Å². The molecule has 0 spiro atoms. The van der Waals surface area contributed by atoms with Crippen LogP contribution in [0, 0.1) is 0 Å². The number of halogens is 1. The predicted molar refractivity (Wildman–Crippen MR) is 70.3 cm³/mol. The monoisotopic (exact) mass is 291 g/mol. The predicted octanol–water partition coefficient (Wildman–Crippen LogP) is 3.81. The van der Waals surface area contributed by atoms with Crippen LogP contribution in [0.1, 0.15) is 0 Å². The van der Waals surface area contributed by atoms with Gasteiger partial charge in [-0.1, -0.05) is 34.1 Å². The minimum absolute atomic E-state index is 0.603. The second-order valence-corrected chi connectivity index (χ2v) is 4.23. The van der Waals surface area contributed by atoms with Crippen molar-refractivity contribution in [2.24, 2.45) is 0 Å². The van der Waals surface area contributed by atoms with Gasteiger partial charge < -0.3 is 10.1 Å². The molecule has 0 heterocycles. The van der Waals surface area contributed by atoms with Crippen molar-refractivity contribution in [3.63, 3.8) is 0 Å². The number of amides is 1. The standard InChI is InChI=1S/C13H10BrNO2/c14-10-6-7-13(12(8-10)15-9-16)17-11-4-2-1-3-5-11/h1-9H,(H,15,16). The molecule has 17 heavy (non-hydrogen) atoms. The van der Waals surface area contributed by atoms with Crippen LogP contribution in [0.15, 0.2) is 53.0 Å². The highest BCUT2D eigenvalue weighted by Crippen LogP contribution is 2.31. The number of rotatable bonds is 4. The number of benzene rings is 2. The highest BCUT2D eigenvalue weighted by Gasteiger charge is 2.04. The maximum Gasteiger partial charge on any atom is 0.211 e. The Morgan fingerprint density at radius 3 is 2.59 bits per heavy atom. The molecule has 0 atom stereocenters. The fourth-order valence-electron chi connectivity index (χ4n) is 1.38. The van der Waals surface area contributed by atoms with Gasteiger partial charge in [-0.3, -0.25) is 4.79 Å². The Morgan fingerprint density at radius 2 is 1.88 bits per heavy atom. The first kappa shape index (κ1) is 11.7. The van der Waals surface area contributed by atoms with Crippen LogP contribution in [0.5, 0.6) is 11.5 Å². The largest absolute Gasteiger partial charge is 0.455 e. The molecule has 2 aromatic carbocycles. The van der Waals surface area contributed by atoms with E-state index in [1.54, 1.807) is 12.1 Å². The summed E-state index contributed by atoms with van der Waals surface area (Å²) in [7, 11) is 0. The molecule has 0 aromatic heterocycles. The molecular formula is C13H10BrNO2. The molecular weight excluding hydrogens is 282 g/mol. The molecule has 0 aliphatic carbocycles. The van der Waals surface area contributed by atoms with Gasteiger partial charge in [0, 0.05) is 4.47 Å². The third kappa shape index (κ3) is 3.07. The molecule has 0 fully saturated rings. The van der Waals surface area contributed by atoms with Gasteiger partial charge in [-0.15, -0.1) is 0 Å². The zero-order valence-electron chi connectivity index (χ0n) is 8.89. The number of hydrogen-bond donors (Lipinski definition) is 1. The molecule has 86 valence electrons. The lowest BCUT2D eigenvalue weighted by Crippen LogP contribution is -1.97. The number of hydrogen-bond acceptors (Lipinski definition) is 2. The van der Waals surface area contributed by atoms with Crippen LogP contribution in [0.4, 0.5) is 5.69 Å². The Kier molecular flexibility index (Phi) is 3.77. The Hall–Kier alpha value is -1.81. The maximum absolute atomic E-state index is 10.5. The average molecular weight is 292 g/mol. The first-order chi connectivity index (χ1) is 8.29. The summed E-state index contributed by atoms with van der Waals surface area (Å²) in [5.74, 6) is 1.33. The molecule has 3 nitrogen and oxygen atoms in total. The highest BCUT2D eigenvalue weighted by atomic mass is 79.9. The molecule has 4 heteroatoms. The van der Waals surface area contributed by atoms with Crippen molar-refractivity contribution < 1.29 is 9.53 Å². The molecule has 2 rings (SSSR count). The van der Waals surface area contributed by atoms with Crippen molar-refractivity contribution in [3.8, 4) is 11.5 Å². The summed E-state index contributed by atoms with van der Waals surface area (Å²) in [5, 5.41) is 2.60. The molecule has 1 N–H and O–H groups in total. The number of nitrogens with one attached hydrogen (secondary N) is 1. The SMILES string of the molecule is O=CNc1cc(Br)ccc1Oc1ccccc1. The third-order valence-corrected chi connectivity index (χ3v) is 2.62. The van der Waals surface area contributed by atoms with E-state index >= 15 is 0 Å². The molecule has 0 saturated carbocycles. The number of anilines is 1. The van der Waals surface area contributed by atoms with Crippen molar-refractivity contribution in [2.45, 2.75) is 0 Å². The van der Waals surface area contributed by atoms with Crippen molar-refractivity contribution >= 4 is 28.0 Å². The molecule has 2 aromatic rings. The Balaban J connectivity index is 2.29. The van der Waals surface area contributed by atoms with E-state index in [1.807, 2.05) is 36.4 Å². The number of carbonyl (C=O) groups is 1. The van der Waals surface area contributed by atoms with Crippen LogP contribution >= 0.6 is 15.9 Å². The first-order valence-electron chi connectivity index (χ1n) is 5.02. The normalized spacial score (nSPS) is 9.71. The van der Waals surface area contributed by atoms with Crippen LogP contribution in [-0.2, 0) is 4.79 Å². The van der Waals surface area contributed by atoms with Gasteiger partial charge in [-0.2, -0.15) is 0 Å². The van der Waals surface area contributed by atoms with Gasteiger partial charge >= 0.3 is 0 Å². The van der Waals surface area contributed by atoms with Crippen molar-refractivity contribution in [1.29, 1.82) is 0 Å². The van der Waals surface area contributed by atoms with Crippen LogP contribution in [0.2, 0.25) is 0 Å². The smallest absolute Gasteiger partial charge is 0.211 e. The van der Waals surface area contributed by atoms with Crippen molar-refractivity contribution in [1.82, 2.24) is 0 Å². The van der Waals surface area contributed by atoms with Gasteiger partial charge in [0.15, 0.2) is 5.75 Å². The average Bonchev–Trinajstić information content (AvgIpc) is 2.34. The lowest BCUT2D eigenvalue weighted by molar-refractivity contribution is -0.105. The van der Waals surface area contributed by atoms with Gasteiger partial charge in [0.1, 0.15) is 5.75 Å². The van der Waals surface area contributed by atoms with Crippen molar-refractivity contribution in [2.75, 3.05) is 5.32 Å². The topological polar surface area (TPSA) is 38.3 Å². The zero-order valence-corrected chi connectivity index (χ0v) is 10.5. The minimum atomic E-state index is 0.603. The molecule has 0 aliphatic heterocycles. The summed E-state index contributed by atoms with van der Waals surface area (Å²) in [5.41, 5.74) is 0.623. The summed E-state index contributed by atoms with van der Waals surface area (Å²) in [4.78, 5) is 10.5. The van der Waals surface area contributed by atoms with Gasteiger partial charge in [0.05, 0.1) is 5.69 Å². The summed E-state index contributed by atoms with van der Waals surface area (Å²) in [6.45, 7) is 0. The summed E-state index contributed by atoms with van der Waals surface area (Å²) in [6, 6.07) is 14.8. The van der Waals surface area contributed by atoms with E-state index < -0.39 is 0 Å². The quantitative estimate of drug-likeness (QED) is 0.870. The summed E-state index contributed by atoms with van der Waals surface area (Å²) >= 11 is 3.34. The van der Waals surface area contributed by atoms with E-state index in [1.165, 1.54) is 0 Å². The minimum Gasteiger partial charge on any atom is -0.455 e. The van der Waals surface area contributed by atoms with Gasteiger partial charge in [-0.05, 0) is 30.3 Å². The molecule has 0 unspecified atom stereocenters. The maximum atomic E-state index is 10.5. The summed E-state index contributed by atoms with van der Waals surface area (Å²) < 4.78 is 6.55. The first-order valence-corrected chi connectivity index (χ1v) is 5.81. The zero-order chi connectivity index (χ0) is 12.1. The number of carbonyl (C=O) groups excluding carboxylic acids is 1. The molecule has 0 aliphatic rings. The van der Waals surface area contributed by atoms with E-state index in [2.05, 4.69) is 21.2 Å². The van der Waals surface area contributed by atoms with Crippen LogP contribution in [-0.4, -0.2) is 6.41 Å². The third-order valence-electron chi connectivity index (χ3n) is 2.13. The lowest BCUT2D eigenvalue weighted by atomic mass is 10.3. The Bertz CT molecular complexity index is 514. The second kappa shape index (κ2) is 5.50. The van der Waals surface area contributed by atoms with Gasteiger partial charge in [0.25, 0.3) is 0 Å². The molecule has 0 bridgehead atoms. The Morgan fingerprint density at radius 1 is 1.12 bits per heavy atom. The fraction of sp³-hybridized carbons (Fsp3) is 0. The van der Waals surface area contributed by atoms with Crippen LogP contribution in [0.3, 0.4) is 0 Å². The molecule has 1 amide bonds. The Labute approximate surface area is 108 Å². The summed E-state index contributed by atoms with van der Waals surface area (Å²) in [6.07, 6.45) is 0.625. The molecule has 0 saturated heterocycles. The van der Waals surface area contributed by atoms with E-state index in [9.17, 15) is 4.79 Å². The van der Waals surface area contributed by atoms with Crippen molar-refractivity contribution in [3.05, 3.63) is 53.0 Å². The number of para-hydroxylation sites is 1.